The van der Waals surface area contributed by atoms with Crippen LogP contribution in [-0.2, 0) is 26.2 Å². The van der Waals surface area contributed by atoms with Crippen molar-refractivity contribution in [1.29, 1.82) is 0 Å². The predicted octanol–water partition coefficient (Wildman–Crippen LogP) is 4.83. The Hall–Kier alpha value is -3.65. The van der Waals surface area contributed by atoms with E-state index >= 15 is 0 Å². The van der Waals surface area contributed by atoms with E-state index in [2.05, 4.69) is 5.32 Å². The van der Waals surface area contributed by atoms with Crippen LogP contribution in [0.3, 0.4) is 0 Å². The molecule has 0 spiro atoms. The molecule has 2 amide bonds. The Kier molecular flexibility index (Phi) is 9.69. The molecule has 0 saturated heterocycles. The Morgan fingerprint density at radius 1 is 0.842 bits per heavy atom. The lowest BCUT2D eigenvalue weighted by Gasteiger charge is -2.32. The van der Waals surface area contributed by atoms with Gasteiger partial charge in [0.15, 0.2) is 0 Å². The standard InChI is InChI=1S/C30H37N3O4S/c1-6-24(4)31-30(35)25(5)32(20-26-10-8-7-9-11-26)29(34)21-33(27-16-12-22(2)13-17-27)38(36,37)28-18-14-23(3)15-19-28/h7-19,24-25H,6,20-21H2,1-5H3,(H,31,35)/t24-,25-/m0/s1. The van der Waals surface area contributed by atoms with Crippen LogP contribution >= 0.6 is 0 Å². The number of benzene rings is 3. The highest BCUT2D eigenvalue weighted by Crippen LogP contribution is 2.25. The molecule has 202 valence electrons. The van der Waals surface area contributed by atoms with E-state index in [1.165, 1.54) is 4.90 Å². The highest BCUT2D eigenvalue weighted by molar-refractivity contribution is 7.92. The molecule has 0 heterocycles. The summed E-state index contributed by atoms with van der Waals surface area (Å²) in [5, 5.41) is 2.94. The van der Waals surface area contributed by atoms with Gasteiger partial charge in [0.05, 0.1) is 10.6 Å². The normalized spacial score (nSPS) is 12.9. The average Bonchev–Trinajstić information content (AvgIpc) is 2.91. The minimum Gasteiger partial charge on any atom is -0.352 e. The molecule has 0 saturated carbocycles. The van der Waals surface area contributed by atoms with E-state index in [-0.39, 0.29) is 23.4 Å². The summed E-state index contributed by atoms with van der Waals surface area (Å²) in [5.41, 5.74) is 3.11. The molecular formula is C30H37N3O4S. The maximum atomic E-state index is 13.9. The Morgan fingerprint density at radius 2 is 1.39 bits per heavy atom. The van der Waals surface area contributed by atoms with E-state index in [4.69, 9.17) is 0 Å². The van der Waals surface area contributed by atoms with Crippen molar-refractivity contribution in [1.82, 2.24) is 10.2 Å². The number of anilines is 1. The number of nitrogens with one attached hydrogen (secondary N) is 1. The summed E-state index contributed by atoms with van der Waals surface area (Å²) >= 11 is 0. The average molecular weight is 536 g/mol. The summed E-state index contributed by atoms with van der Waals surface area (Å²) in [7, 11) is -4.07. The molecular weight excluding hydrogens is 498 g/mol. The van der Waals surface area contributed by atoms with E-state index in [0.717, 1.165) is 27.4 Å². The lowest BCUT2D eigenvalue weighted by molar-refractivity contribution is -0.139. The predicted molar refractivity (Wildman–Crippen MR) is 151 cm³/mol. The van der Waals surface area contributed by atoms with Gasteiger partial charge in [0.2, 0.25) is 11.8 Å². The molecule has 2 atom stereocenters. The fraction of sp³-hybridized carbons (Fsp3) is 0.333. The second kappa shape index (κ2) is 12.7. The number of hydrogen-bond donors (Lipinski definition) is 1. The number of amides is 2. The number of rotatable bonds is 11. The fourth-order valence-corrected chi connectivity index (χ4v) is 5.32. The van der Waals surface area contributed by atoms with E-state index in [1.807, 2.05) is 58.0 Å². The van der Waals surface area contributed by atoms with E-state index in [0.29, 0.717) is 5.69 Å². The van der Waals surface area contributed by atoms with Gasteiger partial charge in [-0.15, -0.1) is 0 Å². The van der Waals surface area contributed by atoms with Crippen molar-refractivity contribution >= 4 is 27.5 Å². The van der Waals surface area contributed by atoms with Gasteiger partial charge in [0.25, 0.3) is 10.0 Å². The third-order valence-corrected chi connectivity index (χ3v) is 8.36. The fourth-order valence-electron chi connectivity index (χ4n) is 3.91. The molecule has 0 bridgehead atoms. The third-order valence-electron chi connectivity index (χ3n) is 6.57. The first-order valence-corrected chi connectivity index (χ1v) is 14.3. The minimum absolute atomic E-state index is 0.0513. The van der Waals surface area contributed by atoms with Gasteiger partial charge in [-0.05, 0) is 63.9 Å². The van der Waals surface area contributed by atoms with Gasteiger partial charge in [0.1, 0.15) is 12.6 Å². The van der Waals surface area contributed by atoms with Crippen LogP contribution in [0.1, 0.15) is 43.9 Å². The van der Waals surface area contributed by atoms with Gasteiger partial charge < -0.3 is 10.2 Å². The largest absolute Gasteiger partial charge is 0.352 e. The van der Waals surface area contributed by atoms with Crippen LogP contribution in [0, 0.1) is 13.8 Å². The molecule has 7 nitrogen and oxygen atoms in total. The summed E-state index contributed by atoms with van der Waals surface area (Å²) in [6.45, 7) is 9.05. The zero-order valence-corrected chi connectivity index (χ0v) is 23.5. The molecule has 0 radical (unpaired) electrons. The SMILES string of the molecule is CC[C@H](C)NC(=O)[C@H](C)N(Cc1ccccc1)C(=O)CN(c1ccc(C)cc1)S(=O)(=O)c1ccc(C)cc1. The third kappa shape index (κ3) is 7.22. The van der Waals surface area contributed by atoms with Crippen LogP contribution in [-0.4, -0.2) is 43.8 Å². The lowest BCUT2D eigenvalue weighted by Crippen LogP contribution is -2.52. The smallest absolute Gasteiger partial charge is 0.264 e. The number of hydrogen-bond acceptors (Lipinski definition) is 4. The van der Waals surface area contributed by atoms with Crippen LogP contribution in [0.5, 0.6) is 0 Å². The van der Waals surface area contributed by atoms with E-state index in [1.54, 1.807) is 55.5 Å². The first-order valence-electron chi connectivity index (χ1n) is 12.8. The van der Waals surface area contributed by atoms with Gasteiger partial charge in [-0.2, -0.15) is 0 Å². The van der Waals surface area contributed by atoms with Crippen molar-refractivity contribution < 1.29 is 18.0 Å². The highest BCUT2D eigenvalue weighted by Gasteiger charge is 2.32. The van der Waals surface area contributed by atoms with Gasteiger partial charge in [-0.25, -0.2) is 8.42 Å². The molecule has 3 aromatic carbocycles. The Labute approximate surface area is 226 Å². The molecule has 0 aliphatic heterocycles. The van der Waals surface area contributed by atoms with Crippen LogP contribution in [0.4, 0.5) is 5.69 Å². The molecule has 8 heteroatoms. The summed E-state index contributed by atoms with van der Waals surface area (Å²) in [5.74, 6) is -0.760. The first kappa shape index (κ1) is 28.9. The molecule has 0 aliphatic carbocycles. The highest BCUT2D eigenvalue weighted by atomic mass is 32.2. The first-order chi connectivity index (χ1) is 18.0. The van der Waals surface area contributed by atoms with Gasteiger partial charge in [0, 0.05) is 12.6 Å². The van der Waals surface area contributed by atoms with Crippen molar-refractivity contribution in [3.05, 3.63) is 95.6 Å². The molecule has 38 heavy (non-hydrogen) atoms. The van der Waals surface area contributed by atoms with Gasteiger partial charge in [-0.3, -0.25) is 13.9 Å². The van der Waals surface area contributed by atoms with Crippen molar-refractivity contribution in [3.8, 4) is 0 Å². The second-order valence-corrected chi connectivity index (χ2v) is 11.5. The molecule has 0 unspecified atom stereocenters. The monoisotopic (exact) mass is 535 g/mol. The number of carbonyl (C=O) groups excluding carboxylic acids is 2. The summed E-state index contributed by atoms with van der Waals surface area (Å²) in [6.07, 6.45) is 0.751. The second-order valence-electron chi connectivity index (χ2n) is 9.66. The molecule has 1 N–H and O–H groups in total. The molecule has 3 aromatic rings. The van der Waals surface area contributed by atoms with Crippen LogP contribution in [0.2, 0.25) is 0 Å². The zero-order chi connectivity index (χ0) is 27.9. The van der Waals surface area contributed by atoms with Gasteiger partial charge >= 0.3 is 0 Å². The summed E-state index contributed by atoms with van der Waals surface area (Å²) in [4.78, 5) is 28.5. The lowest BCUT2D eigenvalue weighted by atomic mass is 10.1. The maximum absolute atomic E-state index is 13.9. The molecule has 3 rings (SSSR count). The topological polar surface area (TPSA) is 86.8 Å². The number of aryl methyl sites for hydroxylation is 2. The molecule has 0 aliphatic rings. The van der Waals surface area contributed by atoms with Crippen LogP contribution < -0.4 is 9.62 Å². The quantitative estimate of drug-likeness (QED) is 0.381. The van der Waals surface area contributed by atoms with Crippen LogP contribution in [0.15, 0.2) is 83.8 Å². The van der Waals surface area contributed by atoms with E-state index in [9.17, 15) is 18.0 Å². The van der Waals surface area contributed by atoms with Crippen LogP contribution in [0.25, 0.3) is 0 Å². The van der Waals surface area contributed by atoms with Crippen molar-refractivity contribution in [2.45, 2.75) is 64.6 Å². The van der Waals surface area contributed by atoms with Crippen molar-refractivity contribution in [2.75, 3.05) is 10.8 Å². The van der Waals surface area contributed by atoms with Crippen molar-refractivity contribution in [2.24, 2.45) is 0 Å². The minimum atomic E-state index is -4.07. The summed E-state index contributed by atoms with van der Waals surface area (Å²) < 4.78 is 28.7. The maximum Gasteiger partial charge on any atom is 0.264 e. The zero-order valence-electron chi connectivity index (χ0n) is 22.7. The number of carbonyl (C=O) groups is 2. The molecule has 0 aromatic heterocycles. The Morgan fingerprint density at radius 3 is 1.95 bits per heavy atom. The number of nitrogens with zero attached hydrogens (tertiary/aromatic N) is 2. The number of sulfonamides is 1. The summed E-state index contributed by atoms with van der Waals surface area (Å²) in [6, 6.07) is 22.0. The molecule has 0 fully saturated rings. The van der Waals surface area contributed by atoms with Crippen molar-refractivity contribution in [3.63, 3.8) is 0 Å². The van der Waals surface area contributed by atoms with E-state index < -0.39 is 28.5 Å². The Balaban J connectivity index is 2.00. The van der Waals surface area contributed by atoms with Gasteiger partial charge in [-0.1, -0.05) is 72.6 Å². The Bertz CT molecular complexity index is 1320.